The normalized spacial score (nSPS) is 19.7. The van der Waals surface area contributed by atoms with Crippen molar-refractivity contribution in [2.75, 3.05) is 26.7 Å². The van der Waals surface area contributed by atoms with Gasteiger partial charge in [0.15, 0.2) is 0 Å². The van der Waals surface area contributed by atoms with Crippen LogP contribution in [0.1, 0.15) is 25.7 Å². The molecular formula is C12H21N3O4. The molecule has 0 aliphatic carbocycles. The van der Waals surface area contributed by atoms with Gasteiger partial charge in [0, 0.05) is 33.0 Å². The number of carbonyl (C=O) groups excluding carboxylic acids is 2. The van der Waals surface area contributed by atoms with Crippen LogP contribution in [0.5, 0.6) is 0 Å². The Labute approximate surface area is 112 Å². The number of carbonyl (C=O) groups is 3. The molecular weight excluding hydrogens is 250 g/mol. The number of nitrogens with zero attached hydrogens (tertiary/aromatic N) is 1. The Kier molecular flexibility index (Phi) is 6.27. The smallest absolute Gasteiger partial charge is 0.321 e. The molecule has 1 aliphatic rings. The highest BCUT2D eigenvalue weighted by molar-refractivity contribution is 5.94. The van der Waals surface area contributed by atoms with Gasteiger partial charge in [0.2, 0.25) is 5.91 Å². The van der Waals surface area contributed by atoms with Crippen molar-refractivity contribution in [2.45, 2.75) is 25.7 Å². The summed E-state index contributed by atoms with van der Waals surface area (Å²) in [6.07, 6.45) is 2.30. The monoisotopic (exact) mass is 271 g/mol. The Morgan fingerprint density at radius 1 is 1.37 bits per heavy atom. The number of imide groups is 1. The zero-order valence-electron chi connectivity index (χ0n) is 11.1. The third kappa shape index (κ3) is 6.19. The highest BCUT2D eigenvalue weighted by Gasteiger charge is 2.22. The summed E-state index contributed by atoms with van der Waals surface area (Å²) >= 11 is 0. The highest BCUT2D eigenvalue weighted by atomic mass is 16.4. The van der Waals surface area contributed by atoms with E-state index in [-0.39, 0.29) is 24.7 Å². The zero-order chi connectivity index (χ0) is 14.3. The second-order valence-corrected chi connectivity index (χ2v) is 4.78. The summed E-state index contributed by atoms with van der Waals surface area (Å²) < 4.78 is 0. The molecule has 0 radical (unpaired) electrons. The van der Waals surface area contributed by atoms with Crippen LogP contribution in [0.2, 0.25) is 0 Å². The fourth-order valence-corrected chi connectivity index (χ4v) is 2.28. The number of hydrogen-bond acceptors (Lipinski definition) is 4. The highest BCUT2D eigenvalue weighted by Crippen LogP contribution is 2.19. The van der Waals surface area contributed by atoms with E-state index < -0.39 is 12.0 Å². The molecule has 1 rings (SSSR count). The van der Waals surface area contributed by atoms with Gasteiger partial charge in [-0.1, -0.05) is 0 Å². The van der Waals surface area contributed by atoms with Crippen molar-refractivity contribution >= 4 is 17.9 Å². The standard InChI is InChI=1S/C12H21N3O4/c1-13-12(19)14-10(16)4-6-15-5-2-3-9(8-15)7-11(17)18/h9H,2-8H2,1H3,(H,17,18)(H2,13,14,16,19). The van der Waals surface area contributed by atoms with E-state index in [0.29, 0.717) is 13.1 Å². The average Bonchev–Trinajstić information content (AvgIpc) is 2.36. The van der Waals surface area contributed by atoms with Gasteiger partial charge in [-0.3, -0.25) is 14.9 Å². The number of piperidine rings is 1. The molecule has 1 atom stereocenters. The van der Waals surface area contributed by atoms with Gasteiger partial charge in [0.05, 0.1) is 0 Å². The average molecular weight is 271 g/mol. The molecule has 7 heteroatoms. The number of nitrogens with one attached hydrogen (secondary N) is 2. The fourth-order valence-electron chi connectivity index (χ4n) is 2.28. The van der Waals surface area contributed by atoms with E-state index in [2.05, 4.69) is 15.5 Å². The first kappa shape index (κ1) is 15.4. The van der Waals surface area contributed by atoms with Gasteiger partial charge in [-0.2, -0.15) is 0 Å². The molecule has 3 amide bonds. The lowest BCUT2D eigenvalue weighted by atomic mass is 9.95. The number of carboxylic acids is 1. The first-order chi connectivity index (χ1) is 9.01. The molecule has 1 heterocycles. The van der Waals surface area contributed by atoms with Crippen LogP contribution in [0.4, 0.5) is 4.79 Å². The minimum Gasteiger partial charge on any atom is -0.481 e. The fraction of sp³-hybridized carbons (Fsp3) is 0.750. The second-order valence-electron chi connectivity index (χ2n) is 4.78. The van der Waals surface area contributed by atoms with E-state index in [1.807, 2.05) is 0 Å². The zero-order valence-corrected chi connectivity index (χ0v) is 11.1. The first-order valence-electron chi connectivity index (χ1n) is 6.47. The molecule has 0 aromatic rings. The van der Waals surface area contributed by atoms with Crippen LogP contribution in [0.25, 0.3) is 0 Å². The molecule has 0 spiro atoms. The van der Waals surface area contributed by atoms with Gasteiger partial charge in [-0.15, -0.1) is 0 Å². The molecule has 19 heavy (non-hydrogen) atoms. The number of amides is 3. The van der Waals surface area contributed by atoms with Crippen LogP contribution in [0, 0.1) is 5.92 Å². The molecule has 1 saturated heterocycles. The van der Waals surface area contributed by atoms with Crippen molar-refractivity contribution in [2.24, 2.45) is 5.92 Å². The minimum atomic E-state index is -0.774. The van der Waals surface area contributed by atoms with Crippen molar-refractivity contribution in [1.29, 1.82) is 0 Å². The Hall–Kier alpha value is -1.63. The van der Waals surface area contributed by atoms with Gasteiger partial charge in [0.25, 0.3) is 0 Å². The third-order valence-electron chi connectivity index (χ3n) is 3.20. The largest absolute Gasteiger partial charge is 0.481 e. The maximum absolute atomic E-state index is 11.4. The molecule has 1 fully saturated rings. The summed E-state index contributed by atoms with van der Waals surface area (Å²) in [5, 5.41) is 13.3. The minimum absolute atomic E-state index is 0.160. The van der Waals surface area contributed by atoms with Gasteiger partial charge in [-0.05, 0) is 25.3 Å². The van der Waals surface area contributed by atoms with Gasteiger partial charge in [0.1, 0.15) is 0 Å². The quantitative estimate of drug-likeness (QED) is 0.654. The van der Waals surface area contributed by atoms with E-state index in [9.17, 15) is 14.4 Å². The number of hydrogen-bond donors (Lipinski definition) is 3. The number of urea groups is 1. The molecule has 1 aliphatic heterocycles. The topological polar surface area (TPSA) is 98.7 Å². The van der Waals surface area contributed by atoms with Gasteiger partial charge >= 0.3 is 12.0 Å². The van der Waals surface area contributed by atoms with Gasteiger partial charge < -0.3 is 15.3 Å². The number of carboxylic acid groups (broad SMARTS) is 1. The van der Waals surface area contributed by atoms with Crippen LogP contribution in [-0.4, -0.2) is 54.6 Å². The SMILES string of the molecule is CNC(=O)NC(=O)CCN1CCCC(CC(=O)O)C1. The van der Waals surface area contributed by atoms with Crippen molar-refractivity contribution in [3.05, 3.63) is 0 Å². The summed E-state index contributed by atoms with van der Waals surface area (Å²) in [6.45, 7) is 2.14. The predicted molar refractivity (Wildman–Crippen MR) is 68.6 cm³/mol. The van der Waals surface area contributed by atoms with Crippen molar-refractivity contribution in [1.82, 2.24) is 15.5 Å². The van der Waals surface area contributed by atoms with E-state index >= 15 is 0 Å². The lowest BCUT2D eigenvalue weighted by Crippen LogP contribution is -2.41. The molecule has 7 nitrogen and oxygen atoms in total. The maximum Gasteiger partial charge on any atom is 0.321 e. The van der Waals surface area contributed by atoms with Crippen LogP contribution < -0.4 is 10.6 Å². The molecule has 0 aromatic heterocycles. The van der Waals surface area contributed by atoms with Crippen LogP contribution in [0.3, 0.4) is 0 Å². The van der Waals surface area contributed by atoms with Crippen LogP contribution in [0.15, 0.2) is 0 Å². The third-order valence-corrected chi connectivity index (χ3v) is 3.20. The number of likely N-dealkylation sites (tertiary alicyclic amines) is 1. The molecule has 0 saturated carbocycles. The Morgan fingerprint density at radius 3 is 2.74 bits per heavy atom. The van der Waals surface area contributed by atoms with Crippen LogP contribution in [-0.2, 0) is 9.59 Å². The van der Waals surface area contributed by atoms with E-state index in [1.54, 1.807) is 0 Å². The van der Waals surface area contributed by atoms with E-state index in [1.165, 1.54) is 7.05 Å². The Bertz CT molecular complexity index is 346. The van der Waals surface area contributed by atoms with E-state index in [4.69, 9.17) is 5.11 Å². The Balaban J connectivity index is 2.27. The van der Waals surface area contributed by atoms with Crippen molar-refractivity contribution in [3.8, 4) is 0 Å². The summed E-state index contributed by atoms with van der Waals surface area (Å²) in [4.78, 5) is 35.1. The number of aliphatic carboxylic acids is 1. The molecule has 108 valence electrons. The molecule has 3 N–H and O–H groups in total. The first-order valence-corrected chi connectivity index (χ1v) is 6.47. The Morgan fingerprint density at radius 2 is 2.11 bits per heavy atom. The molecule has 0 bridgehead atoms. The van der Waals surface area contributed by atoms with Crippen molar-refractivity contribution < 1.29 is 19.5 Å². The summed E-state index contributed by atoms with van der Waals surface area (Å²) in [7, 11) is 1.45. The van der Waals surface area contributed by atoms with Crippen molar-refractivity contribution in [3.63, 3.8) is 0 Å². The number of rotatable bonds is 5. The van der Waals surface area contributed by atoms with E-state index in [0.717, 1.165) is 19.4 Å². The maximum atomic E-state index is 11.4. The van der Waals surface area contributed by atoms with Gasteiger partial charge in [-0.25, -0.2) is 4.79 Å². The molecule has 1 unspecified atom stereocenters. The summed E-state index contributed by atoms with van der Waals surface area (Å²) in [6, 6.07) is -0.507. The lowest BCUT2D eigenvalue weighted by molar-refractivity contribution is -0.138. The lowest BCUT2D eigenvalue weighted by Gasteiger charge is -2.31. The summed E-state index contributed by atoms with van der Waals surface area (Å²) in [5.41, 5.74) is 0. The second kappa shape index (κ2) is 7.73. The predicted octanol–water partition coefficient (Wildman–Crippen LogP) is 0.0188. The van der Waals surface area contributed by atoms with Crippen LogP contribution >= 0.6 is 0 Å². The molecule has 0 aromatic carbocycles. The summed E-state index contributed by atoms with van der Waals surface area (Å²) in [5.74, 6) is -0.933.